The first-order valence-corrected chi connectivity index (χ1v) is 8.73. The summed E-state index contributed by atoms with van der Waals surface area (Å²) in [5.74, 6) is -0.129. The van der Waals surface area contributed by atoms with Gasteiger partial charge in [0.1, 0.15) is 0 Å². The number of sulfonamides is 1. The molecule has 0 aromatic heterocycles. The van der Waals surface area contributed by atoms with Crippen LogP contribution >= 0.6 is 23.2 Å². The van der Waals surface area contributed by atoms with Crippen LogP contribution in [0.25, 0.3) is 0 Å². The normalized spacial score (nSPS) is 11.6. The first-order chi connectivity index (χ1) is 9.85. The van der Waals surface area contributed by atoms with E-state index in [1.54, 1.807) is 18.2 Å². The molecule has 2 rings (SSSR count). The van der Waals surface area contributed by atoms with E-state index in [1.807, 2.05) is 31.2 Å². The highest BCUT2D eigenvalue weighted by Gasteiger charge is 2.12. The van der Waals surface area contributed by atoms with Crippen LogP contribution in [0.1, 0.15) is 16.7 Å². The topological polar surface area (TPSA) is 46.2 Å². The van der Waals surface area contributed by atoms with E-state index in [4.69, 9.17) is 23.2 Å². The second-order valence-electron chi connectivity index (χ2n) is 4.81. The molecule has 1 N–H and O–H groups in total. The first kappa shape index (κ1) is 16.3. The van der Waals surface area contributed by atoms with Crippen molar-refractivity contribution >= 4 is 33.2 Å². The molecule has 0 saturated heterocycles. The van der Waals surface area contributed by atoms with Crippen LogP contribution in [0.2, 0.25) is 10.0 Å². The van der Waals surface area contributed by atoms with Crippen molar-refractivity contribution in [2.75, 3.05) is 0 Å². The van der Waals surface area contributed by atoms with Crippen molar-refractivity contribution in [2.24, 2.45) is 0 Å². The second-order valence-corrected chi connectivity index (χ2v) is 7.44. The van der Waals surface area contributed by atoms with Crippen molar-refractivity contribution in [3.63, 3.8) is 0 Å². The fourth-order valence-electron chi connectivity index (χ4n) is 1.80. The molecule has 0 aliphatic carbocycles. The molecule has 0 unspecified atom stereocenters. The zero-order chi connectivity index (χ0) is 15.5. The third kappa shape index (κ3) is 5.00. The Balaban J connectivity index is 2.01. The molecule has 0 spiro atoms. The average Bonchev–Trinajstić information content (AvgIpc) is 2.42. The van der Waals surface area contributed by atoms with E-state index in [0.717, 1.165) is 11.1 Å². The Morgan fingerprint density at radius 2 is 1.57 bits per heavy atom. The number of aryl methyl sites for hydroxylation is 1. The number of nitrogens with one attached hydrogen (secondary N) is 1. The van der Waals surface area contributed by atoms with Crippen molar-refractivity contribution in [1.29, 1.82) is 0 Å². The Labute approximate surface area is 135 Å². The Morgan fingerprint density at radius 1 is 0.952 bits per heavy atom. The maximum Gasteiger partial charge on any atom is 0.216 e. The zero-order valence-corrected chi connectivity index (χ0v) is 13.8. The maximum absolute atomic E-state index is 12.0. The lowest BCUT2D eigenvalue weighted by molar-refractivity contribution is 0.580. The van der Waals surface area contributed by atoms with Crippen molar-refractivity contribution < 1.29 is 8.42 Å². The lowest BCUT2D eigenvalue weighted by Crippen LogP contribution is -2.24. The van der Waals surface area contributed by atoms with Gasteiger partial charge < -0.3 is 0 Å². The molecule has 2 aromatic carbocycles. The minimum Gasteiger partial charge on any atom is -0.212 e. The summed E-state index contributed by atoms with van der Waals surface area (Å²) in [6.07, 6.45) is 0. The van der Waals surface area contributed by atoms with Crippen LogP contribution in [0.5, 0.6) is 0 Å². The molecule has 0 aliphatic heterocycles. The number of halogens is 2. The van der Waals surface area contributed by atoms with Gasteiger partial charge in [0, 0.05) is 6.54 Å². The predicted octanol–water partition coefficient (Wildman–Crippen LogP) is 3.92. The Morgan fingerprint density at radius 3 is 2.19 bits per heavy atom. The molecule has 6 heteroatoms. The van der Waals surface area contributed by atoms with E-state index < -0.39 is 10.0 Å². The van der Waals surface area contributed by atoms with Gasteiger partial charge in [-0.25, -0.2) is 13.1 Å². The number of benzene rings is 2. The third-order valence-electron chi connectivity index (χ3n) is 2.96. The van der Waals surface area contributed by atoms with Gasteiger partial charge in [0.15, 0.2) is 0 Å². The van der Waals surface area contributed by atoms with Gasteiger partial charge in [0.2, 0.25) is 10.0 Å². The van der Waals surface area contributed by atoms with E-state index in [0.29, 0.717) is 15.6 Å². The lowest BCUT2D eigenvalue weighted by atomic mass is 10.2. The number of rotatable bonds is 5. The summed E-state index contributed by atoms with van der Waals surface area (Å²) in [6.45, 7) is 2.25. The zero-order valence-electron chi connectivity index (χ0n) is 11.4. The highest BCUT2D eigenvalue weighted by atomic mass is 35.5. The highest BCUT2D eigenvalue weighted by molar-refractivity contribution is 7.88. The van der Waals surface area contributed by atoms with E-state index in [2.05, 4.69) is 4.72 Å². The van der Waals surface area contributed by atoms with Crippen LogP contribution < -0.4 is 4.72 Å². The Hall–Kier alpha value is -1.07. The van der Waals surface area contributed by atoms with Crippen LogP contribution in [-0.2, 0) is 22.3 Å². The summed E-state index contributed by atoms with van der Waals surface area (Å²) < 4.78 is 26.7. The quantitative estimate of drug-likeness (QED) is 0.894. The van der Waals surface area contributed by atoms with Crippen LogP contribution in [0, 0.1) is 6.92 Å². The molecule has 0 amide bonds. The molecule has 0 saturated carbocycles. The van der Waals surface area contributed by atoms with Crippen LogP contribution in [0.4, 0.5) is 0 Å². The van der Waals surface area contributed by atoms with Crippen LogP contribution in [-0.4, -0.2) is 8.42 Å². The molecule has 3 nitrogen and oxygen atoms in total. The molecule has 0 heterocycles. The van der Waals surface area contributed by atoms with E-state index in [1.165, 1.54) is 0 Å². The minimum absolute atomic E-state index is 0.129. The van der Waals surface area contributed by atoms with Gasteiger partial charge >= 0.3 is 0 Å². The smallest absolute Gasteiger partial charge is 0.212 e. The second kappa shape index (κ2) is 6.79. The maximum atomic E-state index is 12.0. The number of hydrogen-bond acceptors (Lipinski definition) is 2. The summed E-state index contributed by atoms with van der Waals surface area (Å²) in [4.78, 5) is 0. The molecule has 21 heavy (non-hydrogen) atoms. The fraction of sp³-hybridized carbons (Fsp3) is 0.200. The largest absolute Gasteiger partial charge is 0.216 e. The SMILES string of the molecule is Cc1ccc(CNS(=O)(=O)Cc2ccc(Cl)c(Cl)c2)cc1. The summed E-state index contributed by atoms with van der Waals surface area (Å²) >= 11 is 11.7. The molecular weight excluding hydrogens is 329 g/mol. The van der Waals surface area contributed by atoms with Crippen LogP contribution in [0.3, 0.4) is 0 Å². The molecule has 0 radical (unpaired) electrons. The minimum atomic E-state index is -3.42. The fourth-order valence-corrected chi connectivity index (χ4v) is 3.23. The molecule has 0 atom stereocenters. The van der Waals surface area contributed by atoms with E-state index in [9.17, 15) is 8.42 Å². The van der Waals surface area contributed by atoms with Gasteiger partial charge in [-0.3, -0.25) is 0 Å². The summed E-state index contributed by atoms with van der Waals surface area (Å²) in [7, 11) is -3.42. The van der Waals surface area contributed by atoms with Crippen LogP contribution in [0.15, 0.2) is 42.5 Å². The van der Waals surface area contributed by atoms with Gasteiger partial charge in [0.05, 0.1) is 15.8 Å². The van der Waals surface area contributed by atoms with Crippen molar-refractivity contribution in [1.82, 2.24) is 4.72 Å². The summed E-state index contributed by atoms with van der Waals surface area (Å²) in [6, 6.07) is 12.5. The van der Waals surface area contributed by atoms with Gasteiger partial charge in [-0.2, -0.15) is 0 Å². The lowest BCUT2D eigenvalue weighted by Gasteiger charge is -2.08. The van der Waals surface area contributed by atoms with Gasteiger partial charge in [0.25, 0.3) is 0 Å². The Kier molecular flexibility index (Phi) is 5.27. The molecule has 0 aliphatic rings. The monoisotopic (exact) mass is 343 g/mol. The van der Waals surface area contributed by atoms with Gasteiger partial charge in [-0.15, -0.1) is 0 Å². The first-order valence-electron chi connectivity index (χ1n) is 6.32. The summed E-state index contributed by atoms with van der Waals surface area (Å²) in [5, 5.41) is 0.758. The van der Waals surface area contributed by atoms with Crippen molar-refractivity contribution in [3.8, 4) is 0 Å². The molecular formula is C15H15Cl2NO2S. The third-order valence-corrected chi connectivity index (χ3v) is 4.99. The average molecular weight is 344 g/mol. The standard InChI is InChI=1S/C15H15Cl2NO2S/c1-11-2-4-12(5-3-11)9-18-21(19,20)10-13-6-7-14(16)15(17)8-13/h2-8,18H,9-10H2,1H3. The van der Waals surface area contributed by atoms with Gasteiger partial charge in [-0.1, -0.05) is 59.1 Å². The predicted molar refractivity (Wildman–Crippen MR) is 87.1 cm³/mol. The van der Waals surface area contributed by atoms with E-state index in [-0.39, 0.29) is 12.3 Å². The summed E-state index contributed by atoms with van der Waals surface area (Å²) in [5.41, 5.74) is 2.65. The molecule has 0 bridgehead atoms. The molecule has 0 fully saturated rings. The van der Waals surface area contributed by atoms with Crippen molar-refractivity contribution in [3.05, 3.63) is 69.2 Å². The van der Waals surface area contributed by atoms with Crippen molar-refractivity contribution in [2.45, 2.75) is 19.2 Å². The molecule has 112 valence electrons. The number of hydrogen-bond donors (Lipinski definition) is 1. The van der Waals surface area contributed by atoms with Gasteiger partial charge in [-0.05, 0) is 30.2 Å². The molecule has 2 aromatic rings. The Bertz CT molecular complexity index is 728. The van der Waals surface area contributed by atoms with E-state index >= 15 is 0 Å². The highest BCUT2D eigenvalue weighted by Crippen LogP contribution is 2.23.